The lowest BCUT2D eigenvalue weighted by atomic mass is 10.2. The van der Waals surface area contributed by atoms with Gasteiger partial charge in [0.25, 0.3) is 5.91 Å². The summed E-state index contributed by atoms with van der Waals surface area (Å²) in [4.78, 5) is 23.9. The van der Waals surface area contributed by atoms with Crippen molar-refractivity contribution < 1.29 is 19.1 Å². The summed E-state index contributed by atoms with van der Waals surface area (Å²) in [6, 6.07) is 14.6. The molecule has 0 aliphatic heterocycles. The maximum atomic E-state index is 12.1. The first kappa shape index (κ1) is 18.3. The van der Waals surface area contributed by atoms with Crippen molar-refractivity contribution in [2.24, 2.45) is 0 Å². The summed E-state index contributed by atoms with van der Waals surface area (Å²) in [6.07, 6.45) is 1.99. The Morgan fingerprint density at radius 3 is 2.52 bits per heavy atom. The molecule has 0 bridgehead atoms. The van der Waals surface area contributed by atoms with Crippen molar-refractivity contribution in [3.05, 3.63) is 65.7 Å². The van der Waals surface area contributed by atoms with Crippen molar-refractivity contribution in [1.29, 1.82) is 0 Å². The van der Waals surface area contributed by atoms with Crippen LogP contribution >= 0.6 is 0 Å². The van der Waals surface area contributed by atoms with E-state index in [2.05, 4.69) is 5.32 Å². The third-order valence-corrected chi connectivity index (χ3v) is 3.49. The minimum Gasteiger partial charge on any atom is -0.497 e. The number of aryl methyl sites for hydroxylation is 1. The number of amides is 1. The fourth-order valence-corrected chi connectivity index (χ4v) is 2.06. The standard InChI is InChI=1S/C20H21NO4/c1-14-7-10-17(11-8-14)21-20(23)15(2)25-19(22)12-9-16-5-4-6-18(13-16)24-3/h4-13,15H,1-3H3,(H,21,23)/b12-9+/t15-/m1/s1. The molecule has 1 N–H and O–H groups in total. The molecule has 2 aromatic rings. The van der Waals surface area contributed by atoms with Gasteiger partial charge in [-0.05, 0) is 49.8 Å². The maximum Gasteiger partial charge on any atom is 0.331 e. The van der Waals surface area contributed by atoms with Crippen LogP contribution in [0.25, 0.3) is 6.08 Å². The van der Waals surface area contributed by atoms with Gasteiger partial charge in [-0.25, -0.2) is 4.79 Å². The number of nitrogens with one attached hydrogen (secondary N) is 1. The largest absolute Gasteiger partial charge is 0.497 e. The molecular weight excluding hydrogens is 318 g/mol. The minimum absolute atomic E-state index is 0.382. The van der Waals surface area contributed by atoms with Crippen LogP contribution in [0.5, 0.6) is 5.75 Å². The van der Waals surface area contributed by atoms with E-state index < -0.39 is 12.1 Å². The number of methoxy groups -OCH3 is 1. The number of ether oxygens (including phenoxy) is 2. The molecule has 2 aromatic carbocycles. The zero-order valence-corrected chi connectivity index (χ0v) is 14.5. The summed E-state index contributed by atoms with van der Waals surface area (Å²) >= 11 is 0. The quantitative estimate of drug-likeness (QED) is 0.645. The molecule has 0 aromatic heterocycles. The molecule has 130 valence electrons. The van der Waals surface area contributed by atoms with Crippen molar-refractivity contribution in [1.82, 2.24) is 0 Å². The second kappa shape index (κ2) is 8.68. The molecular formula is C20H21NO4. The van der Waals surface area contributed by atoms with Gasteiger partial charge < -0.3 is 14.8 Å². The molecule has 1 amide bonds. The molecule has 25 heavy (non-hydrogen) atoms. The molecule has 0 radical (unpaired) electrons. The Morgan fingerprint density at radius 1 is 1.12 bits per heavy atom. The fraction of sp³-hybridized carbons (Fsp3) is 0.200. The molecule has 5 nitrogen and oxygen atoms in total. The average Bonchev–Trinajstić information content (AvgIpc) is 2.62. The van der Waals surface area contributed by atoms with Crippen LogP contribution in [-0.4, -0.2) is 25.1 Å². The van der Waals surface area contributed by atoms with Gasteiger partial charge >= 0.3 is 5.97 Å². The molecule has 1 atom stereocenters. The van der Waals surface area contributed by atoms with E-state index in [4.69, 9.17) is 9.47 Å². The lowest BCUT2D eigenvalue weighted by Crippen LogP contribution is -2.29. The van der Waals surface area contributed by atoms with Gasteiger partial charge in [-0.3, -0.25) is 4.79 Å². The van der Waals surface area contributed by atoms with Crippen molar-refractivity contribution in [3.63, 3.8) is 0 Å². The summed E-state index contributed by atoms with van der Waals surface area (Å²) in [5.74, 6) is -0.275. The molecule has 2 rings (SSSR count). The normalized spacial score (nSPS) is 11.8. The van der Waals surface area contributed by atoms with Crippen molar-refractivity contribution in [2.75, 3.05) is 12.4 Å². The van der Waals surface area contributed by atoms with E-state index in [9.17, 15) is 9.59 Å². The summed E-state index contributed by atoms with van der Waals surface area (Å²) in [6.45, 7) is 3.49. The number of carbonyl (C=O) groups is 2. The summed E-state index contributed by atoms with van der Waals surface area (Å²) < 4.78 is 10.2. The number of hydrogen-bond acceptors (Lipinski definition) is 4. The highest BCUT2D eigenvalue weighted by Gasteiger charge is 2.16. The van der Waals surface area contributed by atoms with Crippen LogP contribution in [0.15, 0.2) is 54.6 Å². The van der Waals surface area contributed by atoms with E-state index in [1.165, 1.54) is 13.0 Å². The van der Waals surface area contributed by atoms with Crippen LogP contribution in [-0.2, 0) is 14.3 Å². The molecule has 0 aliphatic rings. The van der Waals surface area contributed by atoms with Gasteiger partial charge in [0, 0.05) is 11.8 Å². The Hall–Kier alpha value is -3.08. The van der Waals surface area contributed by atoms with Crippen molar-refractivity contribution in [3.8, 4) is 5.75 Å². The van der Waals surface area contributed by atoms with Crippen LogP contribution in [0.2, 0.25) is 0 Å². The third kappa shape index (κ3) is 5.80. The maximum absolute atomic E-state index is 12.1. The zero-order valence-electron chi connectivity index (χ0n) is 14.5. The van der Waals surface area contributed by atoms with Crippen LogP contribution in [0, 0.1) is 6.92 Å². The van der Waals surface area contributed by atoms with E-state index in [1.54, 1.807) is 31.4 Å². The van der Waals surface area contributed by atoms with Gasteiger partial charge in [-0.15, -0.1) is 0 Å². The van der Waals surface area contributed by atoms with Crippen LogP contribution in [0.1, 0.15) is 18.1 Å². The molecule has 5 heteroatoms. The second-order valence-corrected chi connectivity index (χ2v) is 5.54. The first-order chi connectivity index (χ1) is 12.0. The van der Waals surface area contributed by atoms with Crippen LogP contribution in [0.4, 0.5) is 5.69 Å². The highest BCUT2D eigenvalue weighted by atomic mass is 16.5. The number of hydrogen-bond donors (Lipinski definition) is 1. The zero-order chi connectivity index (χ0) is 18.2. The lowest BCUT2D eigenvalue weighted by Gasteiger charge is -2.12. The number of carbonyl (C=O) groups excluding carboxylic acids is 2. The average molecular weight is 339 g/mol. The Labute approximate surface area is 147 Å². The molecule has 0 fully saturated rings. The summed E-state index contributed by atoms with van der Waals surface area (Å²) in [5, 5.41) is 2.71. The molecule has 0 saturated heterocycles. The van der Waals surface area contributed by atoms with Crippen LogP contribution in [0.3, 0.4) is 0 Å². The van der Waals surface area contributed by atoms with Gasteiger partial charge in [-0.1, -0.05) is 29.8 Å². The van der Waals surface area contributed by atoms with Crippen molar-refractivity contribution in [2.45, 2.75) is 20.0 Å². The monoisotopic (exact) mass is 339 g/mol. The van der Waals surface area contributed by atoms with E-state index in [0.29, 0.717) is 11.4 Å². The van der Waals surface area contributed by atoms with Gasteiger partial charge in [0.15, 0.2) is 6.10 Å². The number of benzene rings is 2. The predicted molar refractivity (Wildman–Crippen MR) is 97.4 cm³/mol. The Bertz CT molecular complexity index is 766. The van der Waals surface area contributed by atoms with E-state index in [-0.39, 0.29) is 5.91 Å². The number of anilines is 1. The molecule has 0 unspecified atom stereocenters. The van der Waals surface area contributed by atoms with Crippen LogP contribution < -0.4 is 10.1 Å². The summed E-state index contributed by atoms with van der Waals surface area (Å²) in [5.41, 5.74) is 2.55. The fourth-order valence-electron chi connectivity index (χ4n) is 2.06. The Morgan fingerprint density at radius 2 is 1.84 bits per heavy atom. The van der Waals surface area contributed by atoms with E-state index in [0.717, 1.165) is 11.1 Å². The molecule has 0 spiro atoms. The molecule has 0 saturated carbocycles. The lowest BCUT2D eigenvalue weighted by molar-refractivity contribution is -0.148. The SMILES string of the molecule is COc1cccc(/C=C/C(=O)O[C@H](C)C(=O)Nc2ccc(C)cc2)c1. The highest BCUT2D eigenvalue weighted by Crippen LogP contribution is 2.14. The Balaban J connectivity index is 1.89. The highest BCUT2D eigenvalue weighted by molar-refractivity contribution is 5.96. The van der Waals surface area contributed by atoms with E-state index >= 15 is 0 Å². The number of esters is 1. The van der Waals surface area contributed by atoms with Gasteiger partial charge in [0.1, 0.15) is 5.75 Å². The second-order valence-electron chi connectivity index (χ2n) is 5.54. The summed E-state index contributed by atoms with van der Waals surface area (Å²) in [7, 11) is 1.57. The number of rotatable bonds is 6. The molecule has 0 heterocycles. The third-order valence-electron chi connectivity index (χ3n) is 3.49. The van der Waals surface area contributed by atoms with Gasteiger partial charge in [0.05, 0.1) is 7.11 Å². The van der Waals surface area contributed by atoms with E-state index in [1.807, 2.05) is 37.3 Å². The first-order valence-electron chi connectivity index (χ1n) is 7.88. The topological polar surface area (TPSA) is 64.6 Å². The van der Waals surface area contributed by atoms with Gasteiger partial charge in [-0.2, -0.15) is 0 Å². The Kier molecular flexibility index (Phi) is 6.34. The molecule has 0 aliphatic carbocycles. The smallest absolute Gasteiger partial charge is 0.331 e. The van der Waals surface area contributed by atoms with Crippen molar-refractivity contribution >= 4 is 23.6 Å². The predicted octanol–water partition coefficient (Wildman–Crippen LogP) is 3.59. The van der Waals surface area contributed by atoms with Gasteiger partial charge in [0.2, 0.25) is 0 Å². The minimum atomic E-state index is -0.899. The first-order valence-corrected chi connectivity index (χ1v) is 7.88.